The zero-order chi connectivity index (χ0) is 71.3. The van der Waals surface area contributed by atoms with Gasteiger partial charge in [0.1, 0.15) is 165 Å². The number of nitrogens with one attached hydrogen (secondary N) is 4. The second-order valence-electron chi connectivity index (χ2n) is 24.0. The smallest absolute Gasteiger partial charge is 0.364 e. The van der Waals surface area contributed by atoms with Crippen LogP contribution in [0.4, 0.5) is 0 Å². The number of aliphatic carboxylic acids is 1. The standard InChI is InChI=1S/C53H88N4O39/c1-13(64)54-25-17(68)5-53(52(82)83,96-43(25)29(70)18(69)6-58)84-12-24-31(72)36(77)38(79)49(90-24)92-41-22(10-62)89-48(28(35(41)76)57-16(4)67)95-45-37(78)30(71)19(7-59)87-51(45)94-44-32(73)20(8-60)86-50(39(44)80)93-42-23(11-63)88-47(27(34(42)75)56-15(3)66)91-40-21(9-61)85-46(81)26(33(40)74)55-14(2)65/h17-51,58-63,68-81H,5-12H2,1-4H3,(H,54,64)(H,55,65)(H,56,66)(H,57,67)(H,82,83)/t17-,18+,19+,20+,21+,22+,23+,24+,25+,26+,27+,28+,29-,30+,31-,32+,33+,34+,35+,36-,37-,38+,39-,40+,41+,42+,43+,44-,45-,46?,47-,48-,49-,50-,51+,53+/m0/s1. The topological polar surface area (TPSA) is 678 Å². The number of aliphatic hydroxyl groups is 20. The van der Waals surface area contributed by atoms with E-state index in [1.165, 1.54) is 0 Å². The molecule has 4 amide bonds. The van der Waals surface area contributed by atoms with Crippen molar-refractivity contribution in [2.75, 3.05) is 46.2 Å². The first-order valence-corrected chi connectivity index (χ1v) is 30.2. The Bertz CT molecular complexity index is 2540. The first-order chi connectivity index (χ1) is 45.2. The molecule has 7 fully saturated rings. The van der Waals surface area contributed by atoms with Crippen LogP contribution in [0.15, 0.2) is 0 Å². The number of amides is 4. The molecule has 0 radical (unpaired) electrons. The van der Waals surface area contributed by atoms with E-state index in [-0.39, 0.29) is 0 Å². The van der Waals surface area contributed by atoms with Crippen molar-refractivity contribution in [2.24, 2.45) is 0 Å². The van der Waals surface area contributed by atoms with Gasteiger partial charge >= 0.3 is 5.97 Å². The normalized spacial score (nSPS) is 46.0. The van der Waals surface area contributed by atoms with Gasteiger partial charge in [0.25, 0.3) is 5.79 Å². The second-order valence-corrected chi connectivity index (χ2v) is 24.0. The number of carboxylic acid groups (broad SMARTS) is 1. The number of hydrogen-bond donors (Lipinski definition) is 25. The first-order valence-electron chi connectivity index (χ1n) is 30.2. The maximum absolute atomic E-state index is 12.9. The third-order valence-electron chi connectivity index (χ3n) is 17.1. The molecule has 554 valence electrons. The van der Waals surface area contributed by atoms with E-state index in [0.717, 1.165) is 27.7 Å². The summed E-state index contributed by atoms with van der Waals surface area (Å²) < 4.78 is 75.4. The molecule has 0 spiro atoms. The van der Waals surface area contributed by atoms with E-state index in [2.05, 4.69) is 21.3 Å². The average molecular weight is 1410 g/mol. The summed E-state index contributed by atoms with van der Waals surface area (Å²) in [5, 5.41) is 239. The number of carbonyl (C=O) groups excluding carboxylic acids is 4. The largest absolute Gasteiger partial charge is 0.477 e. The Morgan fingerprint density at radius 1 is 0.417 bits per heavy atom. The number of hydrogen-bond acceptors (Lipinski definition) is 38. The van der Waals surface area contributed by atoms with E-state index in [0.29, 0.717) is 0 Å². The molecule has 0 saturated carbocycles. The van der Waals surface area contributed by atoms with Crippen molar-refractivity contribution in [2.45, 2.75) is 254 Å². The molecule has 43 heteroatoms. The predicted octanol–water partition coefficient (Wildman–Crippen LogP) is -16.5. The van der Waals surface area contributed by atoms with Gasteiger partial charge in [0.15, 0.2) is 37.7 Å². The van der Waals surface area contributed by atoms with Gasteiger partial charge in [0, 0.05) is 34.1 Å². The van der Waals surface area contributed by atoms with Crippen LogP contribution in [0, 0.1) is 0 Å². The van der Waals surface area contributed by atoms with E-state index in [1.54, 1.807) is 0 Å². The minimum absolute atomic E-state index is 0.736. The molecule has 7 aliphatic rings. The quantitative estimate of drug-likeness (QED) is 0.0382. The third kappa shape index (κ3) is 17.5. The van der Waals surface area contributed by atoms with Crippen LogP contribution in [0.2, 0.25) is 0 Å². The lowest BCUT2D eigenvalue weighted by Gasteiger charge is -2.51. The molecule has 36 atom stereocenters. The molecule has 25 N–H and O–H groups in total. The highest BCUT2D eigenvalue weighted by molar-refractivity contribution is 5.77. The second kappa shape index (κ2) is 34.1. The first kappa shape index (κ1) is 79.4. The molecule has 0 aliphatic carbocycles. The third-order valence-corrected chi connectivity index (χ3v) is 17.1. The lowest BCUT2D eigenvalue weighted by molar-refractivity contribution is -0.395. The summed E-state index contributed by atoms with van der Waals surface area (Å²) >= 11 is 0. The summed E-state index contributed by atoms with van der Waals surface area (Å²) in [4.78, 5) is 62.3. The monoisotopic (exact) mass is 1400 g/mol. The van der Waals surface area contributed by atoms with Crippen LogP contribution in [0.5, 0.6) is 0 Å². The van der Waals surface area contributed by atoms with Gasteiger partial charge in [-0.1, -0.05) is 0 Å². The molecule has 7 aliphatic heterocycles. The number of carbonyl (C=O) groups is 5. The number of carboxylic acids is 1. The van der Waals surface area contributed by atoms with Gasteiger partial charge in [-0.15, -0.1) is 0 Å². The summed E-state index contributed by atoms with van der Waals surface area (Å²) in [6.07, 6.45) is -64.7. The maximum atomic E-state index is 12.9. The molecule has 1 unspecified atom stereocenters. The van der Waals surface area contributed by atoms with Gasteiger partial charge in [0.2, 0.25) is 23.6 Å². The number of ether oxygens (including phenoxy) is 13. The van der Waals surface area contributed by atoms with Crippen LogP contribution in [0.3, 0.4) is 0 Å². The van der Waals surface area contributed by atoms with Crippen LogP contribution in [0.25, 0.3) is 0 Å². The van der Waals surface area contributed by atoms with Crippen LogP contribution >= 0.6 is 0 Å². The van der Waals surface area contributed by atoms with Crippen LogP contribution in [0.1, 0.15) is 34.1 Å². The van der Waals surface area contributed by atoms with E-state index < -0.39 is 303 Å². The molecule has 7 saturated heterocycles. The Labute approximate surface area is 543 Å². The van der Waals surface area contributed by atoms with E-state index in [4.69, 9.17) is 61.6 Å². The molecule has 0 aromatic heterocycles. The Morgan fingerprint density at radius 2 is 0.802 bits per heavy atom. The maximum Gasteiger partial charge on any atom is 0.364 e. The lowest BCUT2D eigenvalue weighted by Crippen LogP contribution is -2.71. The fourth-order valence-corrected chi connectivity index (χ4v) is 12.2. The fourth-order valence-electron chi connectivity index (χ4n) is 12.2. The van der Waals surface area contributed by atoms with Crippen molar-refractivity contribution >= 4 is 29.6 Å². The van der Waals surface area contributed by atoms with Crippen molar-refractivity contribution < 1.29 is 193 Å². The summed E-state index contributed by atoms with van der Waals surface area (Å²) in [6, 6.07) is -6.93. The van der Waals surface area contributed by atoms with Gasteiger partial charge in [-0.2, -0.15) is 0 Å². The van der Waals surface area contributed by atoms with Gasteiger partial charge in [-0.05, 0) is 0 Å². The predicted molar refractivity (Wildman–Crippen MR) is 295 cm³/mol. The highest BCUT2D eigenvalue weighted by atomic mass is 16.8. The van der Waals surface area contributed by atoms with E-state index in [1.807, 2.05) is 0 Å². The van der Waals surface area contributed by atoms with Crippen molar-refractivity contribution in [3.63, 3.8) is 0 Å². The molecule has 0 aromatic rings. The van der Waals surface area contributed by atoms with Crippen molar-refractivity contribution in [1.82, 2.24) is 21.3 Å². The summed E-state index contributed by atoms with van der Waals surface area (Å²) in [6.45, 7) is -3.72. The molecular formula is C53H88N4O39. The van der Waals surface area contributed by atoms with Gasteiger partial charge in [0.05, 0.1) is 58.4 Å². The number of aliphatic hydroxyl groups excluding tert-OH is 20. The number of rotatable bonds is 26. The highest BCUT2D eigenvalue weighted by Crippen LogP contribution is 2.39. The Kier molecular flexibility index (Phi) is 28.2. The Balaban J connectivity index is 1.10. The van der Waals surface area contributed by atoms with Gasteiger partial charge in [-0.25, -0.2) is 4.79 Å². The minimum atomic E-state index is -3.03. The van der Waals surface area contributed by atoms with Crippen molar-refractivity contribution in [1.29, 1.82) is 0 Å². The van der Waals surface area contributed by atoms with Crippen molar-refractivity contribution in [3.05, 3.63) is 0 Å². The van der Waals surface area contributed by atoms with Crippen LogP contribution < -0.4 is 21.3 Å². The molecule has 96 heavy (non-hydrogen) atoms. The zero-order valence-electron chi connectivity index (χ0n) is 51.6. The van der Waals surface area contributed by atoms with E-state index >= 15 is 0 Å². The fraction of sp³-hybridized carbons (Fsp3) is 0.906. The van der Waals surface area contributed by atoms with Crippen LogP contribution in [-0.4, -0.2) is 403 Å². The van der Waals surface area contributed by atoms with Crippen LogP contribution in [-0.2, 0) is 85.6 Å². The Hall–Kier alpha value is -3.97. The Morgan fingerprint density at radius 3 is 1.28 bits per heavy atom. The lowest BCUT2D eigenvalue weighted by atomic mass is 9.88. The molecule has 0 bridgehead atoms. The molecule has 7 heterocycles. The summed E-state index contributed by atoms with van der Waals surface area (Å²) in [5.41, 5.74) is 0. The molecule has 43 nitrogen and oxygen atoms in total. The highest BCUT2D eigenvalue weighted by Gasteiger charge is 2.61. The van der Waals surface area contributed by atoms with Gasteiger partial charge in [-0.3, -0.25) is 19.2 Å². The van der Waals surface area contributed by atoms with Gasteiger partial charge < -0.3 is 190 Å². The molecular weight excluding hydrogens is 1320 g/mol. The van der Waals surface area contributed by atoms with Crippen molar-refractivity contribution in [3.8, 4) is 0 Å². The molecule has 7 rings (SSSR count). The summed E-state index contributed by atoms with van der Waals surface area (Å²) in [5.74, 6) is -8.40. The summed E-state index contributed by atoms with van der Waals surface area (Å²) in [7, 11) is 0. The minimum Gasteiger partial charge on any atom is -0.477 e. The molecule has 0 aromatic carbocycles. The van der Waals surface area contributed by atoms with E-state index in [9.17, 15) is 131 Å². The average Bonchev–Trinajstić information content (AvgIpc) is 0.777. The SMILES string of the molecule is CC(=O)N[C@H]1[C@H](O[C@H]2[C@H](O)[C@@H](NC(C)=O)C(O)O[C@@H]2CO)O[C@H](CO)[C@@H](O[C@@H]2O[C@H](CO)[C@@H](O)[C@H](O[C@H]3O[C@H](CO)[C@@H](O)[C@H](O)[C@@H]3O[C@@H]3O[C@H](CO)[C@@H](O[C@@H]4O[C@H](CO[C@]5(C(=O)O)C[C@H](O)[C@@H](NC(C)=O)[C@H]([C@@H](O)[C@H](O)CO)O5)[C@H](O)[C@H](O)[C@H]4O)[C@H](O)[C@H]3NC(C)=O)[C@@H]2O)[C@@H]1O. The zero-order valence-corrected chi connectivity index (χ0v) is 51.6.